The van der Waals surface area contributed by atoms with Gasteiger partial charge in [0.15, 0.2) is 0 Å². The van der Waals surface area contributed by atoms with E-state index in [1.165, 1.54) is 5.57 Å². The Labute approximate surface area is 118 Å². The topological polar surface area (TPSA) is 69.6 Å². The Balaban J connectivity index is 1.98. The van der Waals surface area contributed by atoms with Gasteiger partial charge in [-0.3, -0.25) is 4.79 Å². The lowest BCUT2D eigenvalue weighted by atomic mass is 9.48. The molecular formula is C16H21NO3. The van der Waals surface area contributed by atoms with Gasteiger partial charge < -0.3 is 15.5 Å². The smallest absolute Gasteiger partial charge is 0.146 e. The van der Waals surface area contributed by atoms with Crippen molar-refractivity contribution in [3.05, 3.63) is 23.3 Å². The number of rotatable bonds is 0. The lowest BCUT2D eigenvalue weighted by molar-refractivity contribution is -0.205. The average Bonchev–Trinajstić information content (AvgIpc) is 2.44. The van der Waals surface area contributed by atoms with Crippen molar-refractivity contribution in [2.75, 3.05) is 6.54 Å². The van der Waals surface area contributed by atoms with Crippen LogP contribution in [0.2, 0.25) is 0 Å². The van der Waals surface area contributed by atoms with E-state index in [0.29, 0.717) is 19.3 Å². The highest BCUT2D eigenvalue weighted by molar-refractivity contribution is 5.92. The van der Waals surface area contributed by atoms with Gasteiger partial charge in [-0.05, 0) is 44.2 Å². The Morgan fingerprint density at radius 3 is 3.05 bits per heavy atom. The molecule has 0 spiro atoms. The molecule has 1 saturated heterocycles. The highest BCUT2D eigenvalue weighted by atomic mass is 16.3. The minimum Gasteiger partial charge on any atom is -0.390 e. The highest BCUT2D eigenvalue weighted by Crippen LogP contribution is 2.59. The number of Topliss-reactive ketones (excluding diaryl/α,β-unsaturated/α-hetero) is 1. The molecule has 4 heteroatoms. The van der Waals surface area contributed by atoms with Gasteiger partial charge in [0.1, 0.15) is 11.4 Å². The van der Waals surface area contributed by atoms with Crippen molar-refractivity contribution in [1.82, 2.24) is 5.32 Å². The quantitative estimate of drug-likeness (QED) is 0.613. The molecule has 0 radical (unpaired) electrons. The second kappa shape index (κ2) is 4.03. The maximum absolute atomic E-state index is 12.8. The summed E-state index contributed by atoms with van der Waals surface area (Å²) in [7, 11) is 0. The third kappa shape index (κ3) is 1.26. The summed E-state index contributed by atoms with van der Waals surface area (Å²) < 4.78 is 0. The first-order valence-corrected chi connectivity index (χ1v) is 7.67. The van der Waals surface area contributed by atoms with Crippen LogP contribution in [0.5, 0.6) is 0 Å². The molecule has 0 aromatic rings. The van der Waals surface area contributed by atoms with Crippen LogP contribution in [-0.2, 0) is 4.79 Å². The van der Waals surface area contributed by atoms with E-state index in [-0.39, 0.29) is 11.8 Å². The Morgan fingerprint density at radius 2 is 2.20 bits per heavy atom. The second-order valence-corrected chi connectivity index (χ2v) is 6.63. The molecular weight excluding hydrogens is 254 g/mol. The fourth-order valence-electron chi connectivity index (χ4n) is 5.01. The van der Waals surface area contributed by atoms with E-state index >= 15 is 0 Å². The molecule has 1 unspecified atom stereocenters. The van der Waals surface area contributed by atoms with Crippen LogP contribution >= 0.6 is 0 Å². The third-order valence-corrected chi connectivity index (χ3v) is 5.92. The zero-order valence-corrected chi connectivity index (χ0v) is 11.6. The Bertz CT molecular complexity index is 538. The van der Waals surface area contributed by atoms with Crippen molar-refractivity contribution in [2.45, 2.75) is 56.3 Å². The van der Waals surface area contributed by atoms with Gasteiger partial charge >= 0.3 is 0 Å². The number of hydrogen-bond donors (Lipinski definition) is 3. The van der Waals surface area contributed by atoms with Gasteiger partial charge in [-0.15, -0.1) is 0 Å². The first-order valence-electron chi connectivity index (χ1n) is 7.67. The number of aliphatic hydroxyl groups is 2. The van der Waals surface area contributed by atoms with Crippen LogP contribution < -0.4 is 5.32 Å². The minimum absolute atomic E-state index is 0.121. The maximum Gasteiger partial charge on any atom is 0.146 e. The van der Waals surface area contributed by atoms with Gasteiger partial charge in [-0.25, -0.2) is 0 Å². The predicted molar refractivity (Wildman–Crippen MR) is 74.1 cm³/mol. The summed E-state index contributed by atoms with van der Waals surface area (Å²) in [5.74, 6) is 0.121. The number of piperidine rings is 1. The van der Waals surface area contributed by atoms with Crippen LogP contribution in [0.4, 0.5) is 0 Å². The standard InChI is InChI=1S/C16H21NO3/c18-13-5-6-14(19)16(20)12-9-10-3-1-2-4-11(10)15(13,16)7-8-17-12/h2,4,12,14,17,19-20H,1,3,5-9H2/t12-,14?,15+,16+/m1/s1. The molecule has 4 atom stereocenters. The van der Waals surface area contributed by atoms with Crippen LogP contribution in [0.15, 0.2) is 23.3 Å². The molecule has 1 aliphatic heterocycles. The summed E-state index contributed by atoms with van der Waals surface area (Å²) in [5.41, 5.74) is 0.121. The fourth-order valence-corrected chi connectivity index (χ4v) is 5.01. The van der Waals surface area contributed by atoms with E-state index in [2.05, 4.69) is 11.4 Å². The molecule has 1 heterocycles. The van der Waals surface area contributed by atoms with Crippen molar-refractivity contribution in [3.63, 3.8) is 0 Å². The van der Waals surface area contributed by atoms with Crippen LogP contribution in [0, 0.1) is 5.41 Å². The van der Waals surface area contributed by atoms with E-state index in [1.807, 2.05) is 6.08 Å². The predicted octanol–water partition coefficient (Wildman–Crippen LogP) is 0.840. The second-order valence-electron chi connectivity index (χ2n) is 6.63. The summed E-state index contributed by atoms with van der Waals surface area (Å²) in [5, 5.41) is 25.2. The van der Waals surface area contributed by atoms with E-state index in [1.54, 1.807) is 0 Å². The summed E-state index contributed by atoms with van der Waals surface area (Å²) in [6.45, 7) is 0.732. The molecule has 2 fully saturated rings. The van der Waals surface area contributed by atoms with Gasteiger partial charge in [0, 0.05) is 12.5 Å². The summed E-state index contributed by atoms with van der Waals surface area (Å²) >= 11 is 0. The lowest BCUT2D eigenvalue weighted by Gasteiger charge is -2.62. The molecule has 4 nitrogen and oxygen atoms in total. The van der Waals surface area contributed by atoms with Crippen molar-refractivity contribution in [1.29, 1.82) is 0 Å². The van der Waals surface area contributed by atoms with Crippen molar-refractivity contribution < 1.29 is 15.0 Å². The normalized spacial score (nSPS) is 47.0. The van der Waals surface area contributed by atoms with E-state index in [9.17, 15) is 15.0 Å². The molecule has 1 saturated carbocycles. The molecule has 108 valence electrons. The van der Waals surface area contributed by atoms with Gasteiger partial charge in [-0.2, -0.15) is 0 Å². The van der Waals surface area contributed by atoms with Crippen molar-refractivity contribution in [2.24, 2.45) is 5.41 Å². The number of allylic oxidation sites excluding steroid dienone is 2. The molecule has 0 aromatic carbocycles. The molecule has 4 rings (SSSR count). The summed E-state index contributed by atoms with van der Waals surface area (Å²) in [6, 6.07) is -0.194. The van der Waals surface area contributed by atoms with E-state index in [0.717, 1.165) is 31.4 Å². The zero-order valence-electron chi connectivity index (χ0n) is 11.6. The molecule has 3 aliphatic carbocycles. The molecule has 0 aromatic heterocycles. The number of carbonyl (C=O) groups is 1. The number of hydrogen-bond acceptors (Lipinski definition) is 4. The Hall–Kier alpha value is -0.970. The zero-order chi connectivity index (χ0) is 14.0. The summed E-state index contributed by atoms with van der Waals surface area (Å²) in [6.07, 6.45) is 7.42. The van der Waals surface area contributed by atoms with E-state index < -0.39 is 17.1 Å². The molecule has 3 N–H and O–H groups in total. The summed E-state index contributed by atoms with van der Waals surface area (Å²) in [4.78, 5) is 12.8. The number of aliphatic hydroxyl groups excluding tert-OH is 1. The molecule has 0 amide bonds. The number of carbonyl (C=O) groups excluding carboxylic acids is 1. The van der Waals surface area contributed by atoms with Crippen LogP contribution in [-0.4, -0.2) is 40.3 Å². The van der Waals surface area contributed by atoms with Gasteiger partial charge in [-0.1, -0.05) is 17.7 Å². The molecule has 4 aliphatic rings. The first-order chi connectivity index (χ1) is 9.60. The first kappa shape index (κ1) is 12.7. The van der Waals surface area contributed by atoms with Crippen LogP contribution in [0.3, 0.4) is 0 Å². The third-order valence-electron chi connectivity index (χ3n) is 5.92. The molecule has 2 bridgehead atoms. The number of ketones is 1. The van der Waals surface area contributed by atoms with Crippen molar-refractivity contribution >= 4 is 5.78 Å². The molecule has 20 heavy (non-hydrogen) atoms. The Kier molecular flexibility index (Phi) is 2.57. The monoisotopic (exact) mass is 275 g/mol. The van der Waals surface area contributed by atoms with E-state index in [4.69, 9.17) is 0 Å². The number of nitrogens with one attached hydrogen (secondary N) is 1. The minimum atomic E-state index is -1.33. The largest absolute Gasteiger partial charge is 0.390 e. The maximum atomic E-state index is 12.8. The lowest BCUT2D eigenvalue weighted by Crippen LogP contribution is -2.76. The van der Waals surface area contributed by atoms with Crippen LogP contribution in [0.25, 0.3) is 0 Å². The van der Waals surface area contributed by atoms with Crippen molar-refractivity contribution in [3.8, 4) is 0 Å². The van der Waals surface area contributed by atoms with Gasteiger partial charge in [0.25, 0.3) is 0 Å². The average molecular weight is 275 g/mol. The SMILES string of the molecule is O=C1CCC(O)[C@@]2(O)[C@H]3CC4=C(C=CCC4)[C@@]12CCN3. The van der Waals surface area contributed by atoms with Gasteiger partial charge in [0.2, 0.25) is 0 Å². The van der Waals surface area contributed by atoms with Gasteiger partial charge in [0.05, 0.1) is 11.5 Å². The Morgan fingerprint density at radius 1 is 1.35 bits per heavy atom. The fraction of sp³-hybridized carbons (Fsp3) is 0.688. The highest BCUT2D eigenvalue weighted by Gasteiger charge is 2.69. The van der Waals surface area contributed by atoms with Crippen LogP contribution in [0.1, 0.15) is 38.5 Å².